The van der Waals surface area contributed by atoms with Crippen LogP contribution in [-0.4, -0.2) is 25.4 Å². The van der Waals surface area contributed by atoms with Crippen molar-refractivity contribution >= 4 is 26.9 Å². The van der Waals surface area contributed by atoms with Gasteiger partial charge in [-0.1, -0.05) is 19.3 Å². The van der Waals surface area contributed by atoms with Crippen LogP contribution in [0.3, 0.4) is 0 Å². The molecule has 0 spiro atoms. The van der Waals surface area contributed by atoms with E-state index in [0.717, 1.165) is 47.2 Å². The first-order valence-corrected chi connectivity index (χ1v) is 10.0. The van der Waals surface area contributed by atoms with Gasteiger partial charge in [-0.3, -0.25) is 0 Å². The van der Waals surface area contributed by atoms with Crippen molar-refractivity contribution in [1.29, 1.82) is 0 Å². The minimum atomic E-state index is -0.525. The van der Waals surface area contributed by atoms with Crippen LogP contribution in [0.15, 0.2) is 27.1 Å². The molecule has 1 unspecified atom stereocenters. The van der Waals surface area contributed by atoms with E-state index in [1.807, 2.05) is 18.2 Å². The maximum absolute atomic E-state index is 10.6. The highest BCUT2D eigenvalue weighted by Crippen LogP contribution is 2.42. The van der Waals surface area contributed by atoms with E-state index in [4.69, 9.17) is 13.9 Å². The fraction of sp³-hybridized carbons (Fsp3) is 0.600. The van der Waals surface area contributed by atoms with Crippen molar-refractivity contribution < 1.29 is 19.0 Å². The van der Waals surface area contributed by atoms with E-state index in [2.05, 4.69) is 15.9 Å². The SMILES string of the molecule is C1CCOC1.COc1ccc2oc(C(O)C3CCCCC3)c(Br)c2c1. The zero-order chi connectivity index (χ0) is 17.6. The van der Waals surface area contributed by atoms with Gasteiger partial charge in [0.1, 0.15) is 23.2 Å². The summed E-state index contributed by atoms with van der Waals surface area (Å²) in [4.78, 5) is 0. The van der Waals surface area contributed by atoms with Gasteiger partial charge in [-0.05, 0) is 65.7 Å². The molecule has 1 aliphatic carbocycles. The van der Waals surface area contributed by atoms with E-state index in [0.29, 0.717) is 11.7 Å². The minimum Gasteiger partial charge on any atom is -0.497 e. The molecule has 2 heterocycles. The van der Waals surface area contributed by atoms with Gasteiger partial charge >= 0.3 is 0 Å². The lowest BCUT2D eigenvalue weighted by Crippen LogP contribution is -2.15. The third-order valence-electron chi connectivity index (χ3n) is 5.05. The highest BCUT2D eigenvalue weighted by molar-refractivity contribution is 9.10. The number of hydrogen-bond acceptors (Lipinski definition) is 4. The zero-order valence-corrected chi connectivity index (χ0v) is 16.4. The monoisotopic (exact) mass is 410 g/mol. The molecule has 5 heteroatoms. The molecular weight excluding hydrogens is 384 g/mol. The van der Waals surface area contributed by atoms with Gasteiger partial charge in [-0.25, -0.2) is 0 Å². The number of aliphatic hydroxyl groups excluding tert-OH is 1. The van der Waals surface area contributed by atoms with Gasteiger partial charge in [0, 0.05) is 18.6 Å². The number of benzene rings is 1. The first kappa shape index (κ1) is 18.7. The topological polar surface area (TPSA) is 51.8 Å². The maximum atomic E-state index is 10.6. The lowest BCUT2D eigenvalue weighted by atomic mass is 9.84. The van der Waals surface area contributed by atoms with E-state index in [-0.39, 0.29) is 0 Å². The zero-order valence-electron chi connectivity index (χ0n) is 14.8. The van der Waals surface area contributed by atoms with Crippen molar-refractivity contribution in [2.75, 3.05) is 20.3 Å². The summed E-state index contributed by atoms with van der Waals surface area (Å²) in [6.45, 7) is 2.00. The van der Waals surface area contributed by atoms with Gasteiger partial charge < -0.3 is 19.0 Å². The molecular formula is C20H27BrO4. The van der Waals surface area contributed by atoms with Crippen LogP contribution in [0.2, 0.25) is 0 Å². The van der Waals surface area contributed by atoms with Crippen molar-refractivity contribution in [2.45, 2.75) is 51.0 Å². The second kappa shape index (κ2) is 9.06. The Bertz CT molecular complexity index is 664. The lowest BCUT2D eigenvalue weighted by Gasteiger charge is -2.25. The largest absolute Gasteiger partial charge is 0.497 e. The molecule has 1 atom stereocenters. The Hall–Kier alpha value is -1.04. The Morgan fingerprint density at radius 2 is 1.84 bits per heavy atom. The smallest absolute Gasteiger partial charge is 0.148 e. The number of aliphatic hydroxyl groups is 1. The van der Waals surface area contributed by atoms with E-state index in [1.54, 1.807) is 7.11 Å². The number of halogens is 1. The fourth-order valence-corrected chi connectivity index (χ4v) is 4.18. The van der Waals surface area contributed by atoms with Crippen LogP contribution >= 0.6 is 15.9 Å². The van der Waals surface area contributed by atoms with Crippen LogP contribution in [-0.2, 0) is 4.74 Å². The Morgan fingerprint density at radius 3 is 2.44 bits per heavy atom. The predicted octanol–water partition coefficient (Wildman–Crippen LogP) is 5.61. The molecule has 2 aromatic rings. The summed E-state index contributed by atoms with van der Waals surface area (Å²) >= 11 is 3.57. The van der Waals surface area contributed by atoms with Gasteiger partial charge in [0.2, 0.25) is 0 Å². The summed E-state index contributed by atoms with van der Waals surface area (Å²) in [5, 5.41) is 11.6. The summed E-state index contributed by atoms with van der Waals surface area (Å²) in [7, 11) is 1.65. The van der Waals surface area contributed by atoms with E-state index < -0.39 is 6.10 Å². The molecule has 1 aromatic carbocycles. The highest BCUT2D eigenvalue weighted by Gasteiger charge is 2.28. The van der Waals surface area contributed by atoms with Gasteiger partial charge in [0.15, 0.2) is 0 Å². The number of fused-ring (bicyclic) bond motifs is 1. The number of ether oxygens (including phenoxy) is 2. The number of hydrogen-bond donors (Lipinski definition) is 1. The molecule has 25 heavy (non-hydrogen) atoms. The molecule has 1 aromatic heterocycles. The van der Waals surface area contributed by atoms with Crippen molar-refractivity contribution in [3.63, 3.8) is 0 Å². The van der Waals surface area contributed by atoms with Crippen molar-refractivity contribution in [2.24, 2.45) is 5.92 Å². The Morgan fingerprint density at radius 1 is 1.12 bits per heavy atom. The summed E-state index contributed by atoms with van der Waals surface area (Å²) in [5.74, 6) is 1.75. The highest BCUT2D eigenvalue weighted by atomic mass is 79.9. The van der Waals surface area contributed by atoms with E-state index in [9.17, 15) is 5.11 Å². The van der Waals surface area contributed by atoms with Crippen molar-refractivity contribution in [3.05, 3.63) is 28.4 Å². The van der Waals surface area contributed by atoms with E-state index in [1.165, 1.54) is 32.1 Å². The average Bonchev–Trinajstić information content (AvgIpc) is 3.34. The second-order valence-electron chi connectivity index (χ2n) is 6.80. The van der Waals surface area contributed by atoms with Gasteiger partial charge in [-0.15, -0.1) is 0 Å². The Balaban J connectivity index is 0.000000314. The van der Waals surface area contributed by atoms with Gasteiger partial charge in [-0.2, -0.15) is 0 Å². The fourth-order valence-electron chi connectivity index (χ4n) is 3.56. The van der Waals surface area contributed by atoms with Crippen LogP contribution in [0.1, 0.15) is 56.8 Å². The minimum absolute atomic E-state index is 0.308. The standard InChI is InChI=1S/C16H19BrO3.C4H8O/c1-19-11-7-8-13-12(9-11)14(17)16(20-13)15(18)10-5-3-2-4-6-10;1-2-4-5-3-1/h7-10,15,18H,2-6H2,1H3;1-4H2. The molecule has 2 fully saturated rings. The van der Waals surface area contributed by atoms with Crippen LogP contribution in [0.5, 0.6) is 5.75 Å². The molecule has 0 radical (unpaired) electrons. The summed E-state index contributed by atoms with van der Waals surface area (Å²) < 4.78 is 16.9. The summed E-state index contributed by atoms with van der Waals surface area (Å²) in [6, 6.07) is 5.69. The molecule has 4 nitrogen and oxygen atoms in total. The lowest BCUT2D eigenvalue weighted by molar-refractivity contribution is 0.0660. The second-order valence-corrected chi connectivity index (χ2v) is 7.60. The quantitative estimate of drug-likeness (QED) is 0.713. The van der Waals surface area contributed by atoms with Crippen LogP contribution in [0.4, 0.5) is 0 Å². The average molecular weight is 411 g/mol. The third kappa shape index (κ3) is 4.57. The molecule has 1 aliphatic heterocycles. The van der Waals surface area contributed by atoms with Crippen molar-refractivity contribution in [1.82, 2.24) is 0 Å². The van der Waals surface area contributed by atoms with Crippen LogP contribution in [0.25, 0.3) is 11.0 Å². The van der Waals surface area contributed by atoms with Crippen molar-refractivity contribution in [3.8, 4) is 5.75 Å². The van der Waals surface area contributed by atoms with Gasteiger partial charge in [0.05, 0.1) is 11.6 Å². The normalized spacial score (nSPS) is 19.5. The van der Waals surface area contributed by atoms with Crippen LogP contribution < -0.4 is 4.74 Å². The summed E-state index contributed by atoms with van der Waals surface area (Å²) in [6.07, 6.45) is 7.87. The molecule has 0 amide bonds. The number of furan rings is 1. The van der Waals surface area contributed by atoms with Crippen LogP contribution in [0, 0.1) is 5.92 Å². The molecule has 1 N–H and O–H groups in total. The molecule has 1 saturated carbocycles. The first-order valence-electron chi connectivity index (χ1n) is 9.22. The molecule has 1 saturated heterocycles. The summed E-state index contributed by atoms with van der Waals surface area (Å²) in [5.41, 5.74) is 0.780. The molecule has 138 valence electrons. The number of rotatable bonds is 3. The first-order chi connectivity index (χ1) is 12.2. The molecule has 4 rings (SSSR count). The van der Waals surface area contributed by atoms with E-state index >= 15 is 0 Å². The van der Waals surface area contributed by atoms with Gasteiger partial charge in [0.25, 0.3) is 0 Å². The molecule has 2 aliphatic rings. The predicted molar refractivity (Wildman–Crippen MR) is 102 cm³/mol. The third-order valence-corrected chi connectivity index (χ3v) is 5.87. The number of methoxy groups -OCH3 is 1. The molecule has 0 bridgehead atoms. The maximum Gasteiger partial charge on any atom is 0.148 e. The Labute approximate surface area is 157 Å². The Kier molecular flexibility index (Phi) is 6.79.